The molecule has 1 heterocycles. The number of nitrogens with zero attached hydrogens (tertiary/aromatic N) is 2. The Hall–Kier alpha value is -0.920. The Labute approximate surface area is 121 Å². The topological polar surface area (TPSA) is 92.1 Å². The minimum atomic E-state index is -3.60. The largest absolute Gasteiger partial charge is 0.332 e. The molecule has 0 aromatic carbocycles. The molecule has 0 atom stereocenters. The second-order valence-corrected chi connectivity index (χ2v) is 6.88. The molecule has 0 aliphatic heterocycles. The van der Waals surface area contributed by atoms with E-state index in [1.54, 1.807) is 11.2 Å². The summed E-state index contributed by atoms with van der Waals surface area (Å²) in [5.41, 5.74) is 5.37. The fourth-order valence-corrected chi connectivity index (χ4v) is 4.42. The van der Waals surface area contributed by atoms with E-state index in [0.29, 0.717) is 31.8 Å². The molecule has 0 bridgehead atoms. The van der Waals surface area contributed by atoms with Crippen molar-refractivity contribution in [3.8, 4) is 0 Å². The summed E-state index contributed by atoms with van der Waals surface area (Å²) in [6.45, 7) is 8.43. The standard InChI is InChI=1S/C13H26N4O2S/c1-5-8-17(13(6-2,7-3)10-14)20(18,19)12-9-15-11(4)16-12/h9H,5-8,10,14H2,1-4H3,(H,15,16). The number of imidazole rings is 1. The Morgan fingerprint density at radius 2 is 1.95 bits per heavy atom. The molecule has 1 rings (SSSR count). The van der Waals surface area contributed by atoms with E-state index in [4.69, 9.17) is 5.73 Å². The summed E-state index contributed by atoms with van der Waals surface area (Å²) in [5.74, 6) is 0.589. The van der Waals surface area contributed by atoms with Gasteiger partial charge in [-0.1, -0.05) is 20.8 Å². The minimum Gasteiger partial charge on any atom is -0.332 e. The van der Waals surface area contributed by atoms with Gasteiger partial charge in [0.25, 0.3) is 10.0 Å². The molecule has 0 spiro atoms. The number of rotatable bonds is 8. The van der Waals surface area contributed by atoms with Gasteiger partial charge in [0.05, 0.1) is 6.20 Å². The van der Waals surface area contributed by atoms with Crippen molar-refractivity contribution in [2.45, 2.75) is 57.5 Å². The first-order valence-electron chi connectivity index (χ1n) is 7.12. The molecule has 1 aromatic rings. The van der Waals surface area contributed by atoms with Gasteiger partial charge in [-0.3, -0.25) is 0 Å². The highest BCUT2D eigenvalue weighted by atomic mass is 32.2. The first-order valence-corrected chi connectivity index (χ1v) is 8.56. The van der Waals surface area contributed by atoms with Gasteiger partial charge in [-0.2, -0.15) is 4.31 Å². The van der Waals surface area contributed by atoms with Crippen molar-refractivity contribution < 1.29 is 8.42 Å². The quantitative estimate of drug-likeness (QED) is 0.763. The van der Waals surface area contributed by atoms with Crippen LogP contribution in [-0.2, 0) is 10.0 Å². The van der Waals surface area contributed by atoms with Gasteiger partial charge in [-0.05, 0) is 26.2 Å². The molecule has 0 saturated carbocycles. The van der Waals surface area contributed by atoms with Crippen molar-refractivity contribution in [2.24, 2.45) is 5.73 Å². The fourth-order valence-electron chi connectivity index (χ4n) is 2.46. The van der Waals surface area contributed by atoms with E-state index in [0.717, 1.165) is 6.42 Å². The first kappa shape index (κ1) is 17.1. The third-order valence-corrected chi connectivity index (χ3v) is 5.81. The Balaban J connectivity index is 3.32. The molecular formula is C13H26N4O2S. The zero-order chi connectivity index (χ0) is 15.4. The van der Waals surface area contributed by atoms with Gasteiger partial charge in [0.15, 0.2) is 5.03 Å². The van der Waals surface area contributed by atoms with Gasteiger partial charge in [-0.25, -0.2) is 13.4 Å². The highest BCUT2D eigenvalue weighted by Crippen LogP contribution is 2.29. The molecule has 20 heavy (non-hydrogen) atoms. The van der Waals surface area contributed by atoms with Crippen molar-refractivity contribution >= 4 is 10.0 Å². The van der Waals surface area contributed by atoms with E-state index in [2.05, 4.69) is 9.97 Å². The monoisotopic (exact) mass is 302 g/mol. The number of aromatic nitrogens is 2. The minimum absolute atomic E-state index is 0.142. The van der Waals surface area contributed by atoms with Crippen LogP contribution in [0.15, 0.2) is 11.2 Å². The fraction of sp³-hybridized carbons (Fsp3) is 0.769. The van der Waals surface area contributed by atoms with Crippen LogP contribution in [0.25, 0.3) is 0 Å². The third kappa shape index (κ3) is 3.05. The molecule has 0 fully saturated rings. The molecule has 0 amide bonds. The van der Waals surface area contributed by atoms with Crippen LogP contribution in [0.1, 0.15) is 45.9 Å². The molecule has 7 heteroatoms. The summed E-state index contributed by atoms with van der Waals surface area (Å²) in [6, 6.07) is 0. The first-order chi connectivity index (χ1) is 9.37. The highest BCUT2D eigenvalue weighted by molar-refractivity contribution is 7.89. The number of nitrogens with two attached hydrogens (primary N) is 1. The molecule has 0 unspecified atom stereocenters. The predicted molar refractivity (Wildman–Crippen MR) is 79.9 cm³/mol. The third-order valence-electron chi connectivity index (χ3n) is 3.90. The number of hydrogen-bond donors (Lipinski definition) is 2. The van der Waals surface area contributed by atoms with Gasteiger partial charge in [0.2, 0.25) is 0 Å². The summed E-state index contributed by atoms with van der Waals surface area (Å²) < 4.78 is 27.3. The van der Waals surface area contributed by atoms with Crippen molar-refractivity contribution in [3.63, 3.8) is 0 Å². The lowest BCUT2D eigenvalue weighted by Gasteiger charge is -2.40. The Bertz CT molecular complexity index is 512. The number of nitrogens with one attached hydrogen (secondary N) is 1. The predicted octanol–water partition coefficient (Wildman–Crippen LogP) is 1.64. The average molecular weight is 302 g/mol. The number of sulfonamides is 1. The molecule has 1 aromatic heterocycles. The normalized spacial score (nSPS) is 13.1. The summed E-state index contributed by atoms with van der Waals surface area (Å²) in [5, 5.41) is 0.142. The number of aryl methyl sites for hydroxylation is 1. The molecule has 0 aliphatic carbocycles. The van der Waals surface area contributed by atoms with Gasteiger partial charge in [0, 0.05) is 18.6 Å². The molecule has 0 aliphatic rings. The smallest absolute Gasteiger partial charge is 0.260 e. The molecule has 116 valence electrons. The van der Waals surface area contributed by atoms with Crippen molar-refractivity contribution in [3.05, 3.63) is 12.0 Å². The van der Waals surface area contributed by atoms with E-state index < -0.39 is 15.6 Å². The van der Waals surface area contributed by atoms with Gasteiger partial charge < -0.3 is 10.7 Å². The van der Waals surface area contributed by atoms with E-state index in [-0.39, 0.29) is 5.03 Å². The van der Waals surface area contributed by atoms with Crippen LogP contribution in [0, 0.1) is 6.92 Å². The van der Waals surface area contributed by atoms with Crippen LogP contribution < -0.4 is 5.73 Å². The maximum atomic E-state index is 12.9. The van der Waals surface area contributed by atoms with E-state index in [1.165, 1.54) is 6.20 Å². The van der Waals surface area contributed by atoms with Crippen LogP contribution in [-0.4, -0.2) is 41.3 Å². The SMILES string of the molecule is CCCN(C(CC)(CC)CN)S(=O)(=O)c1cnc(C)[nH]1. The lowest BCUT2D eigenvalue weighted by molar-refractivity contribution is 0.177. The number of aromatic amines is 1. The van der Waals surface area contributed by atoms with Gasteiger partial charge in [0.1, 0.15) is 5.82 Å². The van der Waals surface area contributed by atoms with Crippen LogP contribution in [0.5, 0.6) is 0 Å². The molecule has 3 N–H and O–H groups in total. The maximum absolute atomic E-state index is 12.9. The number of H-pyrrole nitrogens is 1. The van der Waals surface area contributed by atoms with Crippen molar-refractivity contribution in [1.29, 1.82) is 0 Å². The van der Waals surface area contributed by atoms with E-state index in [9.17, 15) is 8.42 Å². The van der Waals surface area contributed by atoms with E-state index in [1.807, 2.05) is 20.8 Å². The zero-order valence-electron chi connectivity index (χ0n) is 12.8. The Morgan fingerprint density at radius 1 is 1.35 bits per heavy atom. The lowest BCUT2D eigenvalue weighted by Crippen LogP contribution is -2.55. The Morgan fingerprint density at radius 3 is 2.30 bits per heavy atom. The lowest BCUT2D eigenvalue weighted by atomic mass is 9.93. The second-order valence-electron chi connectivity index (χ2n) is 5.05. The summed E-state index contributed by atoms with van der Waals surface area (Å²) in [4.78, 5) is 6.81. The summed E-state index contributed by atoms with van der Waals surface area (Å²) in [7, 11) is -3.60. The van der Waals surface area contributed by atoms with Crippen LogP contribution in [0.4, 0.5) is 0 Å². The zero-order valence-corrected chi connectivity index (χ0v) is 13.6. The van der Waals surface area contributed by atoms with Gasteiger partial charge in [-0.15, -0.1) is 0 Å². The van der Waals surface area contributed by atoms with Crippen LogP contribution in [0.2, 0.25) is 0 Å². The van der Waals surface area contributed by atoms with Crippen LogP contribution >= 0.6 is 0 Å². The summed E-state index contributed by atoms with van der Waals surface area (Å²) in [6.07, 6.45) is 3.49. The van der Waals surface area contributed by atoms with Crippen LogP contribution in [0.3, 0.4) is 0 Å². The Kier molecular flexibility index (Phi) is 5.73. The molecule has 0 radical (unpaired) electrons. The molecular weight excluding hydrogens is 276 g/mol. The second kappa shape index (κ2) is 6.69. The molecule has 6 nitrogen and oxygen atoms in total. The average Bonchev–Trinajstić information content (AvgIpc) is 2.87. The van der Waals surface area contributed by atoms with Gasteiger partial charge >= 0.3 is 0 Å². The highest BCUT2D eigenvalue weighted by Gasteiger charge is 2.40. The molecule has 0 saturated heterocycles. The van der Waals surface area contributed by atoms with Crippen molar-refractivity contribution in [1.82, 2.24) is 14.3 Å². The maximum Gasteiger partial charge on any atom is 0.260 e. The summed E-state index contributed by atoms with van der Waals surface area (Å²) >= 11 is 0. The van der Waals surface area contributed by atoms with E-state index >= 15 is 0 Å². The number of hydrogen-bond acceptors (Lipinski definition) is 4. The van der Waals surface area contributed by atoms with Crippen molar-refractivity contribution in [2.75, 3.05) is 13.1 Å².